The summed E-state index contributed by atoms with van der Waals surface area (Å²) in [5.74, 6) is -0.750. The minimum Gasteiger partial charge on any atom is -0.465 e. The average Bonchev–Trinajstić information content (AvgIpc) is 2.70. The van der Waals surface area contributed by atoms with Gasteiger partial charge in [-0.05, 0) is 24.0 Å². The monoisotopic (exact) mass is 399 g/mol. The van der Waals surface area contributed by atoms with Crippen LogP contribution in [-0.2, 0) is 4.79 Å². The highest BCUT2D eigenvalue weighted by Crippen LogP contribution is 2.24. The molecule has 2 rings (SSSR count). The van der Waals surface area contributed by atoms with Gasteiger partial charge in [0, 0.05) is 19.1 Å². The van der Waals surface area contributed by atoms with Crippen molar-refractivity contribution in [1.82, 2.24) is 16.0 Å². The van der Waals surface area contributed by atoms with Crippen LogP contribution in [0.5, 0.6) is 0 Å². The first-order valence-electron chi connectivity index (χ1n) is 9.31. The molecule has 0 aliphatic rings. The van der Waals surface area contributed by atoms with Crippen molar-refractivity contribution in [3.8, 4) is 0 Å². The van der Waals surface area contributed by atoms with Crippen LogP contribution >= 0.6 is 0 Å². The molecular formula is C21H25N3O5. The molecule has 2 aromatic rings. The Labute approximate surface area is 168 Å². The first-order valence-corrected chi connectivity index (χ1v) is 9.31. The third-order valence-corrected chi connectivity index (χ3v) is 4.38. The Bertz CT molecular complexity index is 759. The van der Waals surface area contributed by atoms with E-state index in [-0.39, 0.29) is 19.0 Å². The molecule has 8 heteroatoms. The molecule has 3 amide bonds. The van der Waals surface area contributed by atoms with Crippen LogP contribution in [0.4, 0.5) is 9.59 Å². The SMILES string of the molecule is O=C(O)NCCC[C@@H](CNC(=O)C(c1ccccc1)c1ccccc1)NC(=O)O. The second-order valence-corrected chi connectivity index (χ2v) is 6.52. The number of hydrogen-bond acceptors (Lipinski definition) is 3. The minimum absolute atomic E-state index is 0.106. The second kappa shape index (κ2) is 11.3. The number of amides is 3. The normalized spacial score (nSPS) is 11.5. The number of carboxylic acid groups (broad SMARTS) is 2. The van der Waals surface area contributed by atoms with Crippen LogP contribution in [0, 0.1) is 0 Å². The van der Waals surface area contributed by atoms with Gasteiger partial charge in [0.2, 0.25) is 5.91 Å². The maximum atomic E-state index is 13.0. The van der Waals surface area contributed by atoms with Crippen molar-refractivity contribution in [3.05, 3.63) is 71.8 Å². The number of nitrogens with one attached hydrogen (secondary N) is 3. The third kappa shape index (κ3) is 7.53. The fourth-order valence-corrected chi connectivity index (χ4v) is 3.06. The Morgan fingerprint density at radius 2 is 1.34 bits per heavy atom. The van der Waals surface area contributed by atoms with E-state index in [4.69, 9.17) is 10.2 Å². The van der Waals surface area contributed by atoms with Gasteiger partial charge in [0.25, 0.3) is 0 Å². The molecule has 0 bridgehead atoms. The lowest BCUT2D eigenvalue weighted by Crippen LogP contribution is -2.44. The summed E-state index contributed by atoms with van der Waals surface area (Å²) >= 11 is 0. The van der Waals surface area contributed by atoms with Crippen molar-refractivity contribution in [2.45, 2.75) is 24.8 Å². The topological polar surface area (TPSA) is 128 Å². The lowest BCUT2D eigenvalue weighted by atomic mass is 9.90. The molecule has 0 saturated heterocycles. The van der Waals surface area contributed by atoms with Gasteiger partial charge in [-0.25, -0.2) is 9.59 Å². The third-order valence-electron chi connectivity index (χ3n) is 4.38. The second-order valence-electron chi connectivity index (χ2n) is 6.52. The molecule has 0 aliphatic heterocycles. The molecule has 0 aromatic heterocycles. The molecule has 154 valence electrons. The largest absolute Gasteiger partial charge is 0.465 e. The Hall–Kier alpha value is -3.55. The molecule has 5 N–H and O–H groups in total. The Morgan fingerprint density at radius 1 is 0.793 bits per heavy atom. The first-order chi connectivity index (χ1) is 14.0. The molecule has 0 aliphatic carbocycles. The van der Waals surface area contributed by atoms with Gasteiger partial charge in [-0.3, -0.25) is 4.79 Å². The van der Waals surface area contributed by atoms with Gasteiger partial charge < -0.3 is 26.2 Å². The summed E-state index contributed by atoms with van der Waals surface area (Å²) in [5.41, 5.74) is 1.68. The maximum Gasteiger partial charge on any atom is 0.404 e. The molecule has 29 heavy (non-hydrogen) atoms. The molecule has 8 nitrogen and oxygen atoms in total. The van der Waals surface area contributed by atoms with Crippen LogP contribution in [0.25, 0.3) is 0 Å². The zero-order valence-electron chi connectivity index (χ0n) is 15.9. The lowest BCUT2D eigenvalue weighted by molar-refractivity contribution is -0.121. The Morgan fingerprint density at radius 3 is 1.83 bits per heavy atom. The Kier molecular flexibility index (Phi) is 8.50. The Balaban J connectivity index is 2.04. The summed E-state index contributed by atoms with van der Waals surface area (Å²) in [5, 5.41) is 25.1. The van der Waals surface area contributed by atoms with Crippen LogP contribution < -0.4 is 16.0 Å². The summed E-state index contributed by atoms with van der Waals surface area (Å²) in [6.45, 7) is 0.312. The van der Waals surface area contributed by atoms with Gasteiger partial charge in [0.15, 0.2) is 0 Å². The lowest BCUT2D eigenvalue weighted by Gasteiger charge is -2.21. The quantitative estimate of drug-likeness (QED) is 0.392. The molecule has 2 aromatic carbocycles. The van der Waals surface area contributed by atoms with E-state index in [1.165, 1.54) is 0 Å². The fourth-order valence-electron chi connectivity index (χ4n) is 3.06. The van der Waals surface area contributed by atoms with Gasteiger partial charge >= 0.3 is 12.2 Å². The smallest absolute Gasteiger partial charge is 0.404 e. The number of carbonyl (C=O) groups is 3. The predicted octanol–water partition coefficient (Wildman–Crippen LogP) is 2.62. The van der Waals surface area contributed by atoms with Crippen LogP contribution in [0.15, 0.2) is 60.7 Å². The highest BCUT2D eigenvalue weighted by molar-refractivity contribution is 5.87. The van der Waals surface area contributed by atoms with Crippen molar-refractivity contribution < 1.29 is 24.6 Å². The first kappa shape index (κ1) is 21.7. The molecule has 0 heterocycles. The molecule has 0 saturated carbocycles. The molecule has 0 spiro atoms. The summed E-state index contributed by atoms with van der Waals surface area (Å²) in [7, 11) is 0. The number of carbonyl (C=O) groups excluding carboxylic acids is 1. The number of benzene rings is 2. The van der Waals surface area contributed by atoms with Gasteiger partial charge in [0.1, 0.15) is 0 Å². The predicted molar refractivity (Wildman–Crippen MR) is 108 cm³/mol. The van der Waals surface area contributed by atoms with Gasteiger partial charge in [-0.1, -0.05) is 60.7 Å². The van der Waals surface area contributed by atoms with E-state index in [0.29, 0.717) is 12.8 Å². The number of rotatable bonds is 10. The van der Waals surface area contributed by atoms with Crippen molar-refractivity contribution in [2.24, 2.45) is 0 Å². The molecular weight excluding hydrogens is 374 g/mol. The van der Waals surface area contributed by atoms with Crippen LogP contribution in [0.1, 0.15) is 29.9 Å². The molecule has 0 fully saturated rings. The minimum atomic E-state index is -1.20. The van der Waals surface area contributed by atoms with Crippen molar-refractivity contribution >= 4 is 18.1 Å². The zero-order chi connectivity index (χ0) is 21.1. The molecule has 1 atom stereocenters. The van der Waals surface area contributed by atoms with Crippen LogP contribution in [0.2, 0.25) is 0 Å². The van der Waals surface area contributed by atoms with Gasteiger partial charge in [0.05, 0.1) is 5.92 Å². The van der Waals surface area contributed by atoms with Crippen LogP contribution in [0.3, 0.4) is 0 Å². The van der Waals surface area contributed by atoms with E-state index in [9.17, 15) is 14.4 Å². The van der Waals surface area contributed by atoms with E-state index in [1.807, 2.05) is 60.7 Å². The highest BCUT2D eigenvalue weighted by atomic mass is 16.4. The van der Waals surface area contributed by atoms with E-state index in [1.54, 1.807) is 0 Å². The van der Waals surface area contributed by atoms with Gasteiger partial charge in [-0.15, -0.1) is 0 Å². The maximum absolute atomic E-state index is 13.0. The summed E-state index contributed by atoms with van der Waals surface area (Å²) in [6, 6.07) is 18.2. The summed E-state index contributed by atoms with van der Waals surface area (Å²) in [6.07, 6.45) is -1.50. The van der Waals surface area contributed by atoms with E-state index < -0.39 is 24.1 Å². The van der Waals surface area contributed by atoms with Gasteiger partial charge in [-0.2, -0.15) is 0 Å². The van der Waals surface area contributed by atoms with E-state index in [0.717, 1.165) is 11.1 Å². The standard InChI is InChI=1S/C21H25N3O5/c25-19(23-14-17(24-21(28)29)12-7-13-22-20(26)27)18(15-8-3-1-4-9-15)16-10-5-2-6-11-16/h1-6,8-11,17-18,22,24H,7,12-14H2,(H,23,25)(H,26,27)(H,28,29)/t17-/m0/s1. The van der Waals surface area contributed by atoms with Crippen molar-refractivity contribution in [3.63, 3.8) is 0 Å². The van der Waals surface area contributed by atoms with Crippen molar-refractivity contribution in [1.29, 1.82) is 0 Å². The summed E-state index contributed by atoms with van der Waals surface area (Å²) in [4.78, 5) is 34.5. The zero-order valence-corrected chi connectivity index (χ0v) is 15.9. The molecule has 0 unspecified atom stereocenters. The van der Waals surface area contributed by atoms with Crippen molar-refractivity contribution in [2.75, 3.05) is 13.1 Å². The van der Waals surface area contributed by atoms with E-state index >= 15 is 0 Å². The van der Waals surface area contributed by atoms with Crippen LogP contribution in [-0.4, -0.2) is 47.4 Å². The van der Waals surface area contributed by atoms with E-state index in [2.05, 4.69) is 16.0 Å². The molecule has 0 radical (unpaired) electrons. The summed E-state index contributed by atoms with van der Waals surface area (Å²) < 4.78 is 0. The fraction of sp³-hybridized carbons (Fsp3) is 0.286. The average molecular weight is 399 g/mol. The number of hydrogen-bond donors (Lipinski definition) is 5. The highest BCUT2D eigenvalue weighted by Gasteiger charge is 2.23.